The molecule has 2 heterocycles. The van der Waals surface area contributed by atoms with Crippen LogP contribution in [0.1, 0.15) is 88.8 Å². The maximum absolute atomic E-state index is 14.4. The Labute approximate surface area is 291 Å². The van der Waals surface area contributed by atoms with E-state index in [1.807, 2.05) is 6.07 Å². The number of fused-ring (bicyclic) bond motifs is 6. The normalized spacial score (nSPS) is 23.9. The van der Waals surface area contributed by atoms with Gasteiger partial charge in [-0.2, -0.15) is 0 Å². The van der Waals surface area contributed by atoms with Crippen LogP contribution in [0.25, 0.3) is 11.1 Å². The molecule has 4 saturated carbocycles. The van der Waals surface area contributed by atoms with Gasteiger partial charge in [0.05, 0.1) is 24.9 Å². The van der Waals surface area contributed by atoms with Crippen molar-refractivity contribution in [1.82, 2.24) is 0 Å². The zero-order valence-corrected chi connectivity index (χ0v) is 28.6. The van der Waals surface area contributed by atoms with Crippen molar-refractivity contribution in [2.45, 2.75) is 77.5 Å². The predicted molar refractivity (Wildman–Crippen MR) is 188 cm³/mol. The largest absolute Gasteiger partial charge is 0.481 e. The third kappa shape index (κ3) is 5.98. The Kier molecular flexibility index (Phi) is 8.28. The minimum absolute atomic E-state index is 0.0182. The second-order valence-corrected chi connectivity index (χ2v) is 15.0. The molecule has 1 amide bonds. The molecular formula is C40H43N3O7. The molecule has 0 atom stereocenters. The van der Waals surface area contributed by atoms with Crippen molar-refractivity contribution in [3.8, 4) is 11.1 Å². The molecule has 10 heteroatoms. The van der Waals surface area contributed by atoms with E-state index in [1.54, 1.807) is 6.07 Å². The Morgan fingerprint density at radius 2 is 1.42 bits per heavy atom. The van der Waals surface area contributed by atoms with Gasteiger partial charge in [-0.25, -0.2) is 9.59 Å². The second-order valence-electron chi connectivity index (χ2n) is 15.0. The van der Waals surface area contributed by atoms with Crippen LogP contribution in [0.2, 0.25) is 0 Å². The Hall–Kier alpha value is -4.86. The lowest BCUT2D eigenvalue weighted by Gasteiger charge is -2.53. The molecule has 0 radical (unpaired) electrons. The lowest BCUT2D eigenvalue weighted by Crippen LogP contribution is -2.50. The van der Waals surface area contributed by atoms with E-state index in [0.717, 1.165) is 50.1 Å². The number of ether oxygens (including phenoxy) is 2. The van der Waals surface area contributed by atoms with Crippen LogP contribution in [0.3, 0.4) is 0 Å². The highest BCUT2D eigenvalue weighted by atomic mass is 16.5. The van der Waals surface area contributed by atoms with Crippen LogP contribution in [0.4, 0.5) is 17.1 Å². The van der Waals surface area contributed by atoms with Crippen LogP contribution in [-0.4, -0.2) is 48.8 Å². The third-order valence-electron chi connectivity index (χ3n) is 11.6. The number of aryl methyl sites for hydroxylation is 1. The molecule has 0 spiro atoms. The molecule has 50 heavy (non-hydrogen) atoms. The molecule has 2 N–H and O–H groups in total. The zero-order chi connectivity index (χ0) is 34.7. The predicted octanol–water partition coefficient (Wildman–Crippen LogP) is 6.92. The number of hydrogen-bond donors (Lipinski definition) is 2. The highest BCUT2D eigenvalue weighted by Gasteiger charge is 2.50. The van der Waals surface area contributed by atoms with Gasteiger partial charge in [0.2, 0.25) is 5.91 Å². The topological polar surface area (TPSA) is 125 Å². The van der Waals surface area contributed by atoms with Gasteiger partial charge < -0.3 is 29.7 Å². The highest BCUT2D eigenvalue weighted by Crippen LogP contribution is 2.55. The van der Waals surface area contributed by atoms with Crippen molar-refractivity contribution >= 4 is 40.9 Å². The number of carboxylic acids is 1. The number of rotatable bonds is 9. The SMILES string of the molecule is COC(=O)c1cc(NC(=O)CCCC(=O)O)cc(C(=O)OC2C3CC4CC(C3)CC2C4)c1-c1ccc2c(c1)CN1CN2Cc2cc(C)ccc21. The first-order valence-corrected chi connectivity index (χ1v) is 17.8. The number of aliphatic carboxylic acids is 1. The maximum Gasteiger partial charge on any atom is 0.339 e. The van der Waals surface area contributed by atoms with E-state index < -0.39 is 23.8 Å². The molecule has 0 saturated heterocycles. The van der Waals surface area contributed by atoms with Crippen molar-refractivity contribution in [3.63, 3.8) is 0 Å². The molecule has 4 aliphatic carbocycles. The Morgan fingerprint density at radius 3 is 2.06 bits per heavy atom. The van der Waals surface area contributed by atoms with E-state index in [1.165, 1.54) is 36.4 Å². The van der Waals surface area contributed by atoms with Crippen LogP contribution >= 0.6 is 0 Å². The van der Waals surface area contributed by atoms with Crippen molar-refractivity contribution in [1.29, 1.82) is 0 Å². The number of anilines is 3. The molecule has 3 aromatic rings. The molecule has 9 rings (SSSR count). The van der Waals surface area contributed by atoms with Gasteiger partial charge in [-0.3, -0.25) is 9.59 Å². The molecular weight excluding hydrogens is 634 g/mol. The molecule has 0 aromatic heterocycles. The molecule has 0 unspecified atom stereocenters. The third-order valence-corrected chi connectivity index (χ3v) is 11.6. The quantitative estimate of drug-likeness (QED) is 0.232. The van der Waals surface area contributed by atoms with Crippen LogP contribution in [-0.2, 0) is 32.2 Å². The Bertz CT molecular complexity index is 1880. The number of benzene rings is 3. The van der Waals surface area contributed by atoms with E-state index in [-0.39, 0.29) is 42.2 Å². The molecule has 2 aliphatic heterocycles. The fourth-order valence-corrected chi connectivity index (χ4v) is 9.70. The second kappa shape index (κ2) is 12.8. The lowest BCUT2D eigenvalue weighted by atomic mass is 9.55. The number of amides is 1. The van der Waals surface area contributed by atoms with Crippen molar-refractivity contribution < 1.29 is 33.8 Å². The van der Waals surface area contributed by atoms with E-state index in [4.69, 9.17) is 14.6 Å². The number of esters is 2. The molecule has 260 valence electrons. The highest BCUT2D eigenvalue weighted by molar-refractivity contribution is 6.08. The Balaban J connectivity index is 1.17. The summed E-state index contributed by atoms with van der Waals surface area (Å²) in [6.07, 6.45) is 5.44. The first-order chi connectivity index (χ1) is 24.1. The lowest BCUT2D eigenvalue weighted by molar-refractivity contribution is -0.137. The van der Waals surface area contributed by atoms with Crippen LogP contribution in [0, 0.1) is 30.6 Å². The zero-order valence-electron chi connectivity index (χ0n) is 28.6. The molecule has 3 aromatic carbocycles. The van der Waals surface area contributed by atoms with Gasteiger partial charge in [-0.05, 0) is 116 Å². The van der Waals surface area contributed by atoms with Gasteiger partial charge in [0.1, 0.15) is 6.10 Å². The van der Waals surface area contributed by atoms with Gasteiger partial charge in [0, 0.05) is 48.6 Å². The number of nitrogens with one attached hydrogen (secondary N) is 1. The number of hydrogen-bond acceptors (Lipinski definition) is 8. The molecule has 6 bridgehead atoms. The average molecular weight is 678 g/mol. The van der Waals surface area contributed by atoms with E-state index in [9.17, 15) is 19.2 Å². The average Bonchev–Trinajstić information content (AvgIpc) is 3.08. The summed E-state index contributed by atoms with van der Waals surface area (Å²) in [4.78, 5) is 56.5. The molecule has 4 fully saturated rings. The van der Waals surface area contributed by atoms with Crippen molar-refractivity contribution in [2.75, 3.05) is 28.9 Å². The van der Waals surface area contributed by atoms with E-state index in [2.05, 4.69) is 52.4 Å². The standard InChI is InChI=1S/C40H43N3O7/c1-22-6-8-33-28(10-22)19-42-21-43(33)20-29-16-25(7-9-34(29)42)37-31(39(47)49-2)17-30(41-35(44)4-3-5-36(45)46)18-32(37)40(48)50-38-26-12-23-11-24(14-26)15-27(38)13-23/h6-10,16-18,23-24,26-27,38H,3-5,11-15,19-21H2,1-2H3,(H,41,44)(H,45,46). The van der Waals surface area contributed by atoms with E-state index in [0.29, 0.717) is 41.3 Å². The summed E-state index contributed by atoms with van der Waals surface area (Å²) in [6.45, 7) is 4.34. The van der Waals surface area contributed by atoms with Gasteiger partial charge >= 0.3 is 17.9 Å². The van der Waals surface area contributed by atoms with Gasteiger partial charge in [-0.15, -0.1) is 0 Å². The van der Waals surface area contributed by atoms with Crippen molar-refractivity contribution in [2.24, 2.45) is 23.7 Å². The molecule has 10 nitrogen and oxygen atoms in total. The van der Waals surface area contributed by atoms with Crippen LogP contribution < -0.4 is 15.1 Å². The number of carbonyl (C=O) groups excluding carboxylic acids is 3. The maximum atomic E-state index is 14.4. The summed E-state index contributed by atoms with van der Waals surface area (Å²) in [5.74, 6) is -0.437. The van der Waals surface area contributed by atoms with Crippen LogP contribution in [0.15, 0.2) is 48.5 Å². The minimum atomic E-state index is -0.980. The van der Waals surface area contributed by atoms with E-state index >= 15 is 0 Å². The van der Waals surface area contributed by atoms with Crippen LogP contribution in [0.5, 0.6) is 0 Å². The molecule has 6 aliphatic rings. The summed E-state index contributed by atoms with van der Waals surface area (Å²) in [5, 5.41) is 11.8. The van der Waals surface area contributed by atoms with Gasteiger partial charge in [0.25, 0.3) is 0 Å². The summed E-state index contributed by atoms with van der Waals surface area (Å²) >= 11 is 0. The fraction of sp³-hybridized carbons (Fsp3) is 0.450. The number of carbonyl (C=O) groups is 4. The number of nitrogens with zero attached hydrogens (tertiary/aromatic N) is 2. The fourth-order valence-electron chi connectivity index (χ4n) is 9.70. The summed E-state index contributed by atoms with van der Waals surface area (Å²) < 4.78 is 11.7. The summed E-state index contributed by atoms with van der Waals surface area (Å²) in [7, 11) is 1.30. The summed E-state index contributed by atoms with van der Waals surface area (Å²) in [5.41, 5.74) is 7.60. The van der Waals surface area contributed by atoms with Gasteiger partial charge in [-0.1, -0.05) is 23.8 Å². The first-order valence-electron chi connectivity index (χ1n) is 17.8. The first kappa shape index (κ1) is 32.4. The smallest absolute Gasteiger partial charge is 0.339 e. The van der Waals surface area contributed by atoms with Crippen molar-refractivity contribution in [3.05, 3.63) is 76.3 Å². The summed E-state index contributed by atoms with van der Waals surface area (Å²) in [6, 6.07) is 15.8. The minimum Gasteiger partial charge on any atom is -0.481 e. The monoisotopic (exact) mass is 677 g/mol. The number of carboxylic acid groups (broad SMARTS) is 1. The Morgan fingerprint density at radius 1 is 0.800 bits per heavy atom. The van der Waals surface area contributed by atoms with Gasteiger partial charge in [0.15, 0.2) is 0 Å². The number of methoxy groups -OCH3 is 1.